The van der Waals surface area contributed by atoms with Crippen molar-refractivity contribution >= 4 is 0 Å². The van der Waals surface area contributed by atoms with E-state index < -0.39 is 0 Å². The molecule has 0 unspecified atom stereocenters. The molecule has 0 saturated heterocycles. The van der Waals surface area contributed by atoms with E-state index in [1.165, 1.54) is 0 Å². The van der Waals surface area contributed by atoms with Gasteiger partial charge in [-0.3, -0.25) is 0 Å². The van der Waals surface area contributed by atoms with E-state index in [9.17, 15) is 0 Å². The summed E-state index contributed by atoms with van der Waals surface area (Å²) in [5.41, 5.74) is 5.42. The molecule has 0 fully saturated rings. The van der Waals surface area contributed by atoms with Crippen molar-refractivity contribution in [2.24, 2.45) is 5.73 Å². The molecule has 5 nitrogen and oxygen atoms in total. The Labute approximate surface area is 84.3 Å². The molecule has 1 rings (SSSR count). The zero-order chi connectivity index (χ0) is 10.2. The smallest absolute Gasteiger partial charge is 0.132 e. The van der Waals surface area contributed by atoms with Crippen molar-refractivity contribution in [1.82, 2.24) is 14.8 Å². The van der Waals surface area contributed by atoms with Gasteiger partial charge >= 0.3 is 0 Å². The van der Waals surface area contributed by atoms with E-state index in [1.807, 2.05) is 4.57 Å². The number of nitrogens with two attached hydrogens (primary N) is 1. The minimum Gasteiger partial charge on any atom is -0.383 e. The van der Waals surface area contributed by atoms with Crippen LogP contribution in [-0.4, -0.2) is 35.0 Å². The van der Waals surface area contributed by atoms with Gasteiger partial charge in [-0.1, -0.05) is 0 Å². The minimum absolute atomic E-state index is 0.696. The fraction of sp³-hybridized carbons (Fsp3) is 0.778. The van der Waals surface area contributed by atoms with E-state index in [0.29, 0.717) is 6.61 Å². The molecule has 0 atom stereocenters. The van der Waals surface area contributed by atoms with Crippen LogP contribution in [0.25, 0.3) is 0 Å². The number of hydrogen-bond donors (Lipinski definition) is 1. The van der Waals surface area contributed by atoms with Gasteiger partial charge in [0.2, 0.25) is 0 Å². The molecule has 0 aliphatic heterocycles. The Balaban J connectivity index is 2.37. The Kier molecular flexibility index (Phi) is 5.17. The number of rotatable bonds is 7. The number of unbranched alkanes of at least 4 members (excludes halogenated alkanes) is 1. The molecule has 0 aliphatic rings. The van der Waals surface area contributed by atoms with Crippen LogP contribution in [0.2, 0.25) is 0 Å². The van der Waals surface area contributed by atoms with Gasteiger partial charge in [0.05, 0.1) is 6.61 Å². The molecule has 0 bridgehead atoms. The summed E-state index contributed by atoms with van der Waals surface area (Å²) in [4.78, 5) is 0. The largest absolute Gasteiger partial charge is 0.383 e. The second-order valence-electron chi connectivity index (χ2n) is 3.18. The zero-order valence-electron chi connectivity index (χ0n) is 8.65. The highest BCUT2D eigenvalue weighted by Crippen LogP contribution is 2.01. The second kappa shape index (κ2) is 6.50. The average Bonchev–Trinajstić information content (AvgIpc) is 2.63. The molecule has 0 amide bonds. The zero-order valence-corrected chi connectivity index (χ0v) is 8.65. The van der Waals surface area contributed by atoms with Crippen molar-refractivity contribution in [3.63, 3.8) is 0 Å². The Bertz CT molecular complexity index is 249. The molecule has 80 valence electrons. The third-order valence-electron chi connectivity index (χ3n) is 2.09. The van der Waals surface area contributed by atoms with Crippen molar-refractivity contribution in [2.75, 3.05) is 20.3 Å². The minimum atomic E-state index is 0.696. The number of nitrogens with zero attached hydrogens (tertiary/aromatic N) is 3. The van der Waals surface area contributed by atoms with E-state index in [1.54, 1.807) is 13.4 Å². The number of methoxy groups -OCH3 is 1. The van der Waals surface area contributed by atoms with Crippen LogP contribution in [0.3, 0.4) is 0 Å². The summed E-state index contributed by atoms with van der Waals surface area (Å²) in [5.74, 6) is 1.02. The maximum absolute atomic E-state index is 5.42. The molecule has 5 heteroatoms. The van der Waals surface area contributed by atoms with Crippen LogP contribution in [0.1, 0.15) is 18.7 Å². The highest BCUT2D eigenvalue weighted by molar-refractivity contribution is 4.85. The highest BCUT2D eigenvalue weighted by atomic mass is 16.5. The first-order valence-electron chi connectivity index (χ1n) is 4.94. The SMILES string of the molecule is COCCn1cnnc1CCCCN. The molecular formula is C9H18N4O. The molecule has 0 saturated carbocycles. The molecule has 0 aromatic carbocycles. The molecule has 1 heterocycles. The van der Waals surface area contributed by atoms with Gasteiger partial charge in [-0.25, -0.2) is 0 Å². The van der Waals surface area contributed by atoms with Crippen molar-refractivity contribution in [3.05, 3.63) is 12.2 Å². The van der Waals surface area contributed by atoms with Gasteiger partial charge < -0.3 is 15.0 Å². The Hall–Kier alpha value is -0.940. The lowest BCUT2D eigenvalue weighted by molar-refractivity contribution is 0.186. The van der Waals surface area contributed by atoms with Gasteiger partial charge in [-0.2, -0.15) is 0 Å². The summed E-state index contributed by atoms with van der Waals surface area (Å²) in [6.45, 7) is 2.26. The topological polar surface area (TPSA) is 66.0 Å². The van der Waals surface area contributed by atoms with E-state index in [4.69, 9.17) is 10.5 Å². The molecule has 2 N–H and O–H groups in total. The molecular weight excluding hydrogens is 180 g/mol. The number of ether oxygens (including phenoxy) is 1. The Morgan fingerprint density at radius 3 is 3.07 bits per heavy atom. The van der Waals surface area contributed by atoms with Crippen molar-refractivity contribution < 1.29 is 4.74 Å². The van der Waals surface area contributed by atoms with E-state index >= 15 is 0 Å². The number of aryl methyl sites for hydroxylation is 1. The van der Waals surface area contributed by atoms with Crippen LogP contribution < -0.4 is 5.73 Å². The summed E-state index contributed by atoms with van der Waals surface area (Å²) in [6.07, 6.45) is 4.80. The van der Waals surface area contributed by atoms with Crippen molar-refractivity contribution in [3.8, 4) is 0 Å². The number of hydrogen-bond acceptors (Lipinski definition) is 4. The molecule has 1 aromatic heterocycles. The third-order valence-corrected chi connectivity index (χ3v) is 2.09. The first-order chi connectivity index (χ1) is 6.88. The second-order valence-corrected chi connectivity index (χ2v) is 3.18. The fourth-order valence-electron chi connectivity index (χ4n) is 1.28. The van der Waals surface area contributed by atoms with Crippen LogP contribution in [0, 0.1) is 0 Å². The lowest BCUT2D eigenvalue weighted by atomic mass is 10.2. The molecule has 0 spiro atoms. The molecule has 14 heavy (non-hydrogen) atoms. The summed E-state index contributed by atoms with van der Waals surface area (Å²) >= 11 is 0. The standard InChI is InChI=1S/C9H18N4O/c1-14-7-6-13-8-11-12-9(13)4-2-3-5-10/h8H,2-7,10H2,1H3. The van der Waals surface area contributed by atoms with Crippen LogP contribution in [0.15, 0.2) is 6.33 Å². The Morgan fingerprint density at radius 2 is 2.36 bits per heavy atom. The first kappa shape index (κ1) is 11.1. The summed E-state index contributed by atoms with van der Waals surface area (Å²) in [5, 5.41) is 7.94. The average molecular weight is 198 g/mol. The van der Waals surface area contributed by atoms with Crippen LogP contribution in [0.4, 0.5) is 0 Å². The van der Waals surface area contributed by atoms with Crippen molar-refractivity contribution in [2.45, 2.75) is 25.8 Å². The molecule has 0 aliphatic carbocycles. The van der Waals surface area contributed by atoms with E-state index in [0.717, 1.165) is 38.2 Å². The van der Waals surface area contributed by atoms with Gasteiger partial charge in [0, 0.05) is 20.1 Å². The third kappa shape index (κ3) is 3.43. The van der Waals surface area contributed by atoms with Gasteiger partial charge in [-0.15, -0.1) is 10.2 Å². The fourth-order valence-corrected chi connectivity index (χ4v) is 1.28. The van der Waals surface area contributed by atoms with Crippen LogP contribution in [0.5, 0.6) is 0 Å². The van der Waals surface area contributed by atoms with Gasteiger partial charge in [0.1, 0.15) is 12.2 Å². The first-order valence-corrected chi connectivity index (χ1v) is 4.94. The predicted octanol–water partition coefficient (Wildman–Crippen LogP) is 0.206. The normalized spacial score (nSPS) is 10.7. The monoisotopic (exact) mass is 198 g/mol. The quantitative estimate of drug-likeness (QED) is 0.636. The van der Waals surface area contributed by atoms with Crippen molar-refractivity contribution in [1.29, 1.82) is 0 Å². The highest BCUT2D eigenvalue weighted by Gasteiger charge is 2.02. The molecule has 1 aromatic rings. The van der Waals surface area contributed by atoms with E-state index in [2.05, 4.69) is 10.2 Å². The van der Waals surface area contributed by atoms with E-state index in [-0.39, 0.29) is 0 Å². The predicted molar refractivity (Wildman–Crippen MR) is 53.9 cm³/mol. The Morgan fingerprint density at radius 1 is 1.50 bits per heavy atom. The van der Waals surface area contributed by atoms with Gasteiger partial charge in [-0.05, 0) is 19.4 Å². The maximum atomic E-state index is 5.42. The summed E-state index contributed by atoms with van der Waals surface area (Å²) in [7, 11) is 1.69. The van der Waals surface area contributed by atoms with Crippen LogP contribution >= 0.6 is 0 Å². The summed E-state index contributed by atoms with van der Waals surface area (Å²) < 4.78 is 7.03. The molecule has 0 radical (unpaired) electrons. The lowest BCUT2D eigenvalue weighted by Crippen LogP contribution is -2.08. The van der Waals surface area contributed by atoms with Gasteiger partial charge in [0.25, 0.3) is 0 Å². The lowest BCUT2D eigenvalue weighted by Gasteiger charge is -2.04. The maximum Gasteiger partial charge on any atom is 0.132 e. The van der Waals surface area contributed by atoms with Gasteiger partial charge in [0.15, 0.2) is 0 Å². The summed E-state index contributed by atoms with van der Waals surface area (Å²) in [6, 6.07) is 0. The number of aromatic nitrogens is 3. The van der Waals surface area contributed by atoms with Crippen LogP contribution in [-0.2, 0) is 17.7 Å².